The fourth-order valence-electron chi connectivity index (χ4n) is 1.61. The van der Waals surface area contributed by atoms with Crippen molar-refractivity contribution in [3.05, 3.63) is 23.7 Å². The van der Waals surface area contributed by atoms with E-state index < -0.39 is 5.92 Å². The first-order chi connectivity index (χ1) is 7.95. The molecular weight excluding hydrogens is 216 g/mol. The summed E-state index contributed by atoms with van der Waals surface area (Å²) in [5.41, 5.74) is 0. The van der Waals surface area contributed by atoms with Gasteiger partial charge in [-0.25, -0.2) is 0 Å². The van der Waals surface area contributed by atoms with Crippen molar-refractivity contribution in [1.29, 1.82) is 5.26 Å². The van der Waals surface area contributed by atoms with Crippen molar-refractivity contribution in [2.24, 2.45) is 11.8 Å². The van der Waals surface area contributed by atoms with Crippen LogP contribution in [0.1, 0.15) is 25.4 Å². The molecule has 0 saturated carbocycles. The molecule has 0 spiro atoms. The molecule has 0 N–H and O–H groups in total. The van der Waals surface area contributed by atoms with E-state index in [1.165, 1.54) is 4.90 Å². The van der Waals surface area contributed by atoms with Crippen LogP contribution in [0.15, 0.2) is 16.5 Å². The third-order valence-corrected chi connectivity index (χ3v) is 2.64. The van der Waals surface area contributed by atoms with Gasteiger partial charge in [0.2, 0.25) is 5.91 Å². The monoisotopic (exact) mass is 234 g/mol. The first-order valence-electron chi connectivity index (χ1n) is 5.65. The lowest BCUT2D eigenvalue weighted by Gasteiger charge is -2.20. The molecular formula is C13H18N2O2. The van der Waals surface area contributed by atoms with Gasteiger partial charge in [0.05, 0.1) is 12.6 Å². The van der Waals surface area contributed by atoms with Crippen molar-refractivity contribution in [3.8, 4) is 6.07 Å². The van der Waals surface area contributed by atoms with E-state index in [0.29, 0.717) is 6.54 Å². The third kappa shape index (κ3) is 3.35. The summed E-state index contributed by atoms with van der Waals surface area (Å²) in [5, 5.41) is 8.97. The maximum atomic E-state index is 12.0. The molecule has 1 rings (SSSR count). The SMILES string of the molecule is Cc1ccc(CN(C)C(=O)C(C#N)C(C)C)o1. The van der Waals surface area contributed by atoms with Crippen LogP contribution in [0.2, 0.25) is 0 Å². The lowest BCUT2D eigenvalue weighted by molar-refractivity contribution is -0.134. The van der Waals surface area contributed by atoms with Gasteiger partial charge < -0.3 is 9.32 Å². The van der Waals surface area contributed by atoms with Gasteiger partial charge >= 0.3 is 0 Å². The Morgan fingerprint density at radius 1 is 1.53 bits per heavy atom. The Labute approximate surface area is 102 Å². The van der Waals surface area contributed by atoms with E-state index >= 15 is 0 Å². The van der Waals surface area contributed by atoms with E-state index in [2.05, 4.69) is 6.07 Å². The molecule has 0 aliphatic rings. The molecule has 0 fully saturated rings. The lowest BCUT2D eigenvalue weighted by Crippen LogP contribution is -2.34. The predicted octanol–water partition coefficient (Wildman–Crippen LogP) is 2.34. The fourth-order valence-corrected chi connectivity index (χ4v) is 1.61. The smallest absolute Gasteiger partial charge is 0.240 e. The van der Waals surface area contributed by atoms with Gasteiger partial charge in [0, 0.05) is 7.05 Å². The Hall–Kier alpha value is -1.76. The van der Waals surface area contributed by atoms with Gasteiger partial charge in [-0.05, 0) is 25.0 Å². The molecule has 1 unspecified atom stereocenters. The van der Waals surface area contributed by atoms with E-state index in [9.17, 15) is 4.79 Å². The molecule has 0 saturated heterocycles. The molecule has 1 aromatic heterocycles. The zero-order chi connectivity index (χ0) is 13.0. The second-order valence-electron chi connectivity index (χ2n) is 4.56. The van der Waals surface area contributed by atoms with Crippen molar-refractivity contribution < 1.29 is 9.21 Å². The van der Waals surface area contributed by atoms with Crippen molar-refractivity contribution in [1.82, 2.24) is 4.90 Å². The number of hydrogen-bond acceptors (Lipinski definition) is 3. The van der Waals surface area contributed by atoms with Gasteiger partial charge in [-0.1, -0.05) is 13.8 Å². The highest BCUT2D eigenvalue weighted by atomic mass is 16.3. The second kappa shape index (κ2) is 5.53. The maximum absolute atomic E-state index is 12.0. The van der Waals surface area contributed by atoms with E-state index in [0.717, 1.165) is 11.5 Å². The fraction of sp³-hybridized carbons (Fsp3) is 0.538. The first-order valence-corrected chi connectivity index (χ1v) is 5.65. The number of rotatable bonds is 4. The van der Waals surface area contributed by atoms with Crippen LogP contribution in [0.25, 0.3) is 0 Å². The molecule has 0 radical (unpaired) electrons. The van der Waals surface area contributed by atoms with Crippen LogP contribution >= 0.6 is 0 Å². The number of carbonyl (C=O) groups excluding carboxylic acids is 1. The molecule has 0 bridgehead atoms. The van der Waals surface area contributed by atoms with Crippen LogP contribution in [-0.2, 0) is 11.3 Å². The van der Waals surface area contributed by atoms with Gasteiger partial charge in [0.15, 0.2) is 0 Å². The summed E-state index contributed by atoms with van der Waals surface area (Å²) in [6.45, 7) is 6.00. The highest BCUT2D eigenvalue weighted by molar-refractivity contribution is 5.81. The predicted molar refractivity (Wildman–Crippen MR) is 63.9 cm³/mol. The molecule has 4 heteroatoms. The summed E-state index contributed by atoms with van der Waals surface area (Å²) < 4.78 is 5.40. The van der Waals surface area contributed by atoms with E-state index in [4.69, 9.17) is 9.68 Å². The zero-order valence-electron chi connectivity index (χ0n) is 10.7. The molecule has 0 aliphatic carbocycles. The van der Waals surface area contributed by atoms with Crippen LogP contribution in [0.3, 0.4) is 0 Å². The number of aryl methyl sites for hydroxylation is 1. The van der Waals surface area contributed by atoms with Gasteiger partial charge in [0.1, 0.15) is 17.4 Å². The highest BCUT2D eigenvalue weighted by Crippen LogP contribution is 2.15. The minimum Gasteiger partial charge on any atom is -0.464 e. The van der Waals surface area contributed by atoms with Gasteiger partial charge in [-0.2, -0.15) is 5.26 Å². The van der Waals surface area contributed by atoms with Crippen molar-refractivity contribution in [2.75, 3.05) is 7.05 Å². The molecule has 92 valence electrons. The molecule has 0 aliphatic heterocycles. The van der Waals surface area contributed by atoms with E-state index in [-0.39, 0.29) is 11.8 Å². The highest BCUT2D eigenvalue weighted by Gasteiger charge is 2.25. The zero-order valence-corrected chi connectivity index (χ0v) is 10.7. The summed E-state index contributed by atoms with van der Waals surface area (Å²) >= 11 is 0. The van der Waals surface area contributed by atoms with E-state index in [1.807, 2.05) is 32.9 Å². The van der Waals surface area contributed by atoms with Crippen LogP contribution in [-0.4, -0.2) is 17.9 Å². The number of carbonyl (C=O) groups is 1. The maximum Gasteiger partial charge on any atom is 0.240 e. The topological polar surface area (TPSA) is 57.2 Å². The molecule has 1 aromatic rings. The van der Waals surface area contributed by atoms with Crippen LogP contribution < -0.4 is 0 Å². The van der Waals surface area contributed by atoms with Gasteiger partial charge in [-0.15, -0.1) is 0 Å². The van der Waals surface area contributed by atoms with Gasteiger partial charge in [-0.3, -0.25) is 4.79 Å². The average molecular weight is 234 g/mol. The Morgan fingerprint density at radius 2 is 2.18 bits per heavy atom. The van der Waals surface area contributed by atoms with Crippen molar-refractivity contribution in [2.45, 2.75) is 27.3 Å². The molecule has 0 aromatic carbocycles. The van der Waals surface area contributed by atoms with Crippen LogP contribution in [0, 0.1) is 30.1 Å². The Kier molecular flexibility index (Phi) is 4.33. The number of amides is 1. The summed E-state index contributed by atoms with van der Waals surface area (Å²) in [6.07, 6.45) is 0. The number of nitriles is 1. The van der Waals surface area contributed by atoms with Crippen LogP contribution in [0.4, 0.5) is 0 Å². The summed E-state index contributed by atoms with van der Waals surface area (Å²) in [6, 6.07) is 5.75. The quantitative estimate of drug-likeness (QED) is 0.803. The standard InChI is InChI=1S/C13H18N2O2/c1-9(2)12(7-14)13(16)15(4)8-11-6-5-10(3)17-11/h5-6,9,12H,8H2,1-4H3. The summed E-state index contributed by atoms with van der Waals surface area (Å²) in [4.78, 5) is 13.5. The Bertz CT molecular complexity index is 429. The second-order valence-corrected chi connectivity index (χ2v) is 4.56. The normalized spacial score (nSPS) is 12.2. The minimum atomic E-state index is -0.587. The Balaban J connectivity index is 2.67. The first kappa shape index (κ1) is 13.3. The molecule has 17 heavy (non-hydrogen) atoms. The summed E-state index contributed by atoms with van der Waals surface area (Å²) in [5.74, 6) is 0.834. The number of furan rings is 1. The lowest BCUT2D eigenvalue weighted by atomic mass is 9.96. The average Bonchev–Trinajstić information content (AvgIpc) is 2.64. The third-order valence-electron chi connectivity index (χ3n) is 2.64. The van der Waals surface area contributed by atoms with E-state index in [1.54, 1.807) is 7.05 Å². The minimum absolute atomic E-state index is 0.0216. The number of nitrogens with zero attached hydrogens (tertiary/aromatic N) is 2. The molecule has 1 amide bonds. The van der Waals surface area contributed by atoms with Crippen LogP contribution in [0.5, 0.6) is 0 Å². The largest absolute Gasteiger partial charge is 0.464 e. The summed E-state index contributed by atoms with van der Waals surface area (Å²) in [7, 11) is 1.69. The van der Waals surface area contributed by atoms with Crippen molar-refractivity contribution >= 4 is 5.91 Å². The number of hydrogen-bond donors (Lipinski definition) is 0. The molecule has 1 heterocycles. The van der Waals surface area contributed by atoms with Crippen molar-refractivity contribution in [3.63, 3.8) is 0 Å². The molecule has 4 nitrogen and oxygen atoms in total. The van der Waals surface area contributed by atoms with Gasteiger partial charge in [0.25, 0.3) is 0 Å². The Morgan fingerprint density at radius 3 is 2.59 bits per heavy atom. The molecule has 1 atom stereocenters.